The third-order valence-electron chi connectivity index (χ3n) is 4.88. The van der Waals surface area contributed by atoms with Gasteiger partial charge in [-0.2, -0.15) is 4.31 Å². The Balaban J connectivity index is 1.95. The molecular formula is C19H29N3O5S. The van der Waals surface area contributed by atoms with Crippen molar-refractivity contribution in [3.8, 4) is 0 Å². The summed E-state index contributed by atoms with van der Waals surface area (Å²) in [7, 11) is -2.04. The van der Waals surface area contributed by atoms with E-state index in [2.05, 4.69) is 5.32 Å². The van der Waals surface area contributed by atoms with E-state index in [1.165, 1.54) is 35.6 Å². The van der Waals surface area contributed by atoms with E-state index in [0.29, 0.717) is 38.1 Å². The summed E-state index contributed by atoms with van der Waals surface area (Å²) in [5.74, 6) is -0.254. The van der Waals surface area contributed by atoms with Gasteiger partial charge < -0.3 is 15.0 Å². The molecule has 1 aliphatic rings. The van der Waals surface area contributed by atoms with E-state index in [-0.39, 0.29) is 29.0 Å². The van der Waals surface area contributed by atoms with Gasteiger partial charge in [0.05, 0.1) is 11.5 Å². The summed E-state index contributed by atoms with van der Waals surface area (Å²) in [4.78, 5) is 26.0. The molecule has 1 fully saturated rings. The summed E-state index contributed by atoms with van der Waals surface area (Å²) >= 11 is 0. The Labute approximate surface area is 166 Å². The molecule has 28 heavy (non-hydrogen) atoms. The molecule has 0 aromatic heterocycles. The van der Waals surface area contributed by atoms with E-state index in [0.717, 1.165) is 0 Å². The molecule has 9 heteroatoms. The third-order valence-corrected chi connectivity index (χ3v) is 6.92. The lowest BCUT2D eigenvalue weighted by Crippen LogP contribution is -2.46. The summed E-state index contributed by atoms with van der Waals surface area (Å²) in [5, 5.41) is 2.95. The molecule has 156 valence electrons. The average molecular weight is 412 g/mol. The number of amides is 2. The van der Waals surface area contributed by atoms with Crippen molar-refractivity contribution in [2.45, 2.75) is 50.6 Å². The minimum atomic E-state index is -3.57. The zero-order valence-corrected chi connectivity index (χ0v) is 17.7. The summed E-state index contributed by atoms with van der Waals surface area (Å²) in [5.41, 5.74) is 0.402. The number of rotatable bonds is 6. The molecule has 2 amide bonds. The molecule has 1 heterocycles. The highest BCUT2D eigenvalue weighted by molar-refractivity contribution is 7.89. The van der Waals surface area contributed by atoms with Gasteiger partial charge in [0, 0.05) is 37.8 Å². The van der Waals surface area contributed by atoms with Gasteiger partial charge in [0.2, 0.25) is 10.0 Å². The summed E-state index contributed by atoms with van der Waals surface area (Å²) in [6.07, 6.45) is 0.974. The van der Waals surface area contributed by atoms with Gasteiger partial charge in [0.25, 0.3) is 5.91 Å². The second-order valence-electron chi connectivity index (χ2n) is 7.07. The van der Waals surface area contributed by atoms with Crippen molar-refractivity contribution >= 4 is 22.0 Å². The number of sulfonamides is 1. The second kappa shape index (κ2) is 9.38. The highest BCUT2D eigenvalue weighted by Crippen LogP contribution is 2.18. The minimum absolute atomic E-state index is 0.0336. The van der Waals surface area contributed by atoms with Gasteiger partial charge in [0.15, 0.2) is 0 Å². The molecule has 1 aromatic carbocycles. The largest absolute Gasteiger partial charge is 0.450 e. The van der Waals surface area contributed by atoms with Gasteiger partial charge in [-0.05, 0) is 57.9 Å². The van der Waals surface area contributed by atoms with E-state index in [1.54, 1.807) is 25.7 Å². The normalized spacial score (nSPS) is 15.7. The van der Waals surface area contributed by atoms with Crippen LogP contribution in [0.15, 0.2) is 29.2 Å². The molecule has 2 rings (SSSR count). The van der Waals surface area contributed by atoms with Crippen molar-refractivity contribution in [2.24, 2.45) is 0 Å². The Bertz CT molecular complexity index is 784. The molecule has 1 saturated heterocycles. The number of carbonyl (C=O) groups is 2. The number of nitrogens with one attached hydrogen (secondary N) is 1. The topological polar surface area (TPSA) is 96.0 Å². The van der Waals surface area contributed by atoms with E-state index in [1.807, 2.05) is 0 Å². The number of hydrogen-bond donors (Lipinski definition) is 1. The number of carbonyl (C=O) groups excluding carboxylic acids is 2. The third kappa shape index (κ3) is 5.23. The van der Waals surface area contributed by atoms with Crippen molar-refractivity contribution in [1.82, 2.24) is 14.5 Å². The predicted molar refractivity (Wildman–Crippen MR) is 106 cm³/mol. The van der Waals surface area contributed by atoms with Crippen LogP contribution >= 0.6 is 0 Å². The number of benzene rings is 1. The van der Waals surface area contributed by atoms with Crippen molar-refractivity contribution in [1.29, 1.82) is 0 Å². The van der Waals surface area contributed by atoms with Crippen LogP contribution in [0.1, 0.15) is 44.0 Å². The quantitative estimate of drug-likeness (QED) is 0.773. The minimum Gasteiger partial charge on any atom is -0.450 e. The number of likely N-dealkylation sites (tertiary alicyclic amines) is 1. The Morgan fingerprint density at radius 3 is 2.29 bits per heavy atom. The SMILES string of the molecule is CCOC(=O)N1CCC(NC(=O)c2ccc(S(=O)(=O)N(C)C(C)C)cc2)CC1. The molecule has 0 radical (unpaired) electrons. The summed E-state index contributed by atoms with van der Waals surface area (Å²) < 4.78 is 31.2. The predicted octanol–water partition coefficient (Wildman–Crippen LogP) is 2.07. The molecular weight excluding hydrogens is 382 g/mol. The number of piperidine rings is 1. The fraction of sp³-hybridized carbons (Fsp3) is 0.579. The molecule has 1 aromatic rings. The van der Waals surface area contributed by atoms with Crippen LogP contribution in [0.5, 0.6) is 0 Å². The monoisotopic (exact) mass is 411 g/mol. The van der Waals surface area contributed by atoms with Gasteiger partial charge in [-0.25, -0.2) is 13.2 Å². The summed E-state index contributed by atoms with van der Waals surface area (Å²) in [6, 6.07) is 5.75. The van der Waals surface area contributed by atoms with Crippen molar-refractivity contribution < 1.29 is 22.7 Å². The first-order chi connectivity index (χ1) is 13.2. The van der Waals surface area contributed by atoms with E-state index < -0.39 is 10.0 Å². The molecule has 0 atom stereocenters. The Hall–Kier alpha value is -2.13. The van der Waals surface area contributed by atoms with Crippen molar-refractivity contribution in [2.75, 3.05) is 26.7 Å². The van der Waals surface area contributed by atoms with Gasteiger partial charge in [-0.15, -0.1) is 0 Å². The van der Waals surface area contributed by atoms with Gasteiger partial charge in [-0.1, -0.05) is 0 Å². The molecule has 0 spiro atoms. The fourth-order valence-electron chi connectivity index (χ4n) is 2.91. The van der Waals surface area contributed by atoms with Crippen LogP contribution in [-0.2, 0) is 14.8 Å². The lowest BCUT2D eigenvalue weighted by atomic mass is 10.0. The maximum absolute atomic E-state index is 12.5. The van der Waals surface area contributed by atoms with Gasteiger partial charge in [-0.3, -0.25) is 4.79 Å². The van der Waals surface area contributed by atoms with Crippen LogP contribution in [0.4, 0.5) is 4.79 Å². The lowest BCUT2D eigenvalue weighted by molar-refractivity contribution is 0.0860. The van der Waals surface area contributed by atoms with Crippen LogP contribution in [-0.4, -0.2) is 68.5 Å². The number of ether oxygens (including phenoxy) is 1. The first-order valence-corrected chi connectivity index (χ1v) is 10.9. The van der Waals surface area contributed by atoms with Crippen LogP contribution in [0.3, 0.4) is 0 Å². The Morgan fingerprint density at radius 1 is 1.21 bits per heavy atom. The zero-order chi connectivity index (χ0) is 20.9. The standard InChI is InChI=1S/C19H29N3O5S/c1-5-27-19(24)22-12-10-16(11-13-22)20-18(23)15-6-8-17(9-7-15)28(25,26)21(4)14(2)3/h6-9,14,16H,5,10-13H2,1-4H3,(H,20,23). The first kappa shape index (κ1) is 22.2. The smallest absolute Gasteiger partial charge is 0.409 e. The summed E-state index contributed by atoms with van der Waals surface area (Å²) in [6.45, 7) is 6.76. The maximum Gasteiger partial charge on any atom is 0.409 e. The Morgan fingerprint density at radius 2 is 1.79 bits per heavy atom. The van der Waals surface area contributed by atoms with Crippen LogP contribution < -0.4 is 5.32 Å². The number of nitrogens with zero attached hydrogens (tertiary/aromatic N) is 2. The fourth-order valence-corrected chi connectivity index (χ4v) is 4.28. The van der Waals surface area contributed by atoms with Crippen LogP contribution in [0.25, 0.3) is 0 Å². The van der Waals surface area contributed by atoms with Crippen molar-refractivity contribution in [3.63, 3.8) is 0 Å². The van der Waals surface area contributed by atoms with Crippen molar-refractivity contribution in [3.05, 3.63) is 29.8 Å². The number of hydrogen-bond acceptors (Lipinski definition) is 5. The van der Waals surface area contributed by atoms with E-state index in [4.69, 9.17) is 4.74 Å². The molecule has 0 aliphatic carbocycles. The van der Waals surface area contributed by atoms with Gasteiger partial charge >= 0.3 is 6.09 Å². The highest BCUT2D eigenvalue weighted by atomic mass is 32.2. The molecule has 1 N–H and O–H groups in total. The lowest BCUT2D eigenvalue weighted by Gasteiger charge is -2.31. The highest BCUT2D eigenvalue weighted by Gasteiger charge is 2.26. The zero-order valence-electron chi connectivity index (χ0n) is 16.8. The van der Waals surface area contributed by atoms with E-state index in [9.17, 15) is 18.0 Å². The molecule has 1 aliphatic heterocycles. The second-order valence-corrected chi connectivity index (χ2v) is 9.07. The Kier molecular flexibility index (Phi) is 7.42. The maximum atomic E-state index is 12.5. The molecule has 0 bridgehead atoms. The average Bonchev–Trinajstić information content (AvgIpc) is 2.68. The van der Waals surface area contributed by atoms with Crippen LogP contribution in [0, 0.1) is 0 Å². The molecule has 0 saturated carbocycles. The first-order valence-electron chi connectivity index (χ1n) is 9.47. The van der Waals surface area contributed by atoms with Gasteiger partial charge in [0.1, 0.15) is 0 Å². The molecule has 0 unspecified atom stereocenters. The van der Waals surface area contributed by atoms with E-state index >= 15 is 0 Å². The van der Waals surface area contributed by atoms with Crippen LogP contribution in [0.2, 0.25) is 0 Å². The molecule has 8 nitrogen and oxygen atoms in total.